The van der Waals surface area contributed by atoms with Gasteiger partial charge in [0.1, 0.15) is 0 Å². The summed E-state index contributed by atoms with van der Waals surface area (Å²) in [6, 6.07) is 0. The Kier molecular flexibility index (Phi) is 1.35. The Morgan fingerprint density at radius 1 is 1.31 bits per heavy atom. The van der Waals surface area contributed by atoms with E-state index >= 15 is 0 Å². The van der Waals surface area contributed by atoms with Crippen LogP contribution in [0.15, 0.2) is 24.3 Å². The molecule has 70 valence electrons. The standard InChI is InChI=1S/C11H14O2/c12-6-11-4-3-9(13)10(11)7-1-2-8(11)5-7/h1-4,7-10,12-13H,5-6H2/t7?,8?,9?,10?,11-/m0/s1. The molecule has 2 N–H and O–H groups in total. The molecule has 0 heterocycles. The largest absolute Gasteiger partial charge is 0.395 e. The Balaban J connectivity index is 2.08. The van der Waals surface area contributed by atoms with Crippen molar-refractivity contribution in [2.75, 3.05) is 6.61 Å². The van der Waals surface area contributed by atoms with Crippen molar-refractivity contribution in [3.63, 3.8) is 0 Å². The van der Waals surface area contributed by atoms with Crippen molar-refractivity contribution in [3.8, 4) is 0 Å². The highest BCUT2D eigenvalue weighted by atomic mass is 16.3. The van der Waals surface area contributed by atoms with E-state index in [9.17, 15) is 10.2 Å². The van der Waals surface area contributed by atoms with Gasteiger partial charge in [0, 0.05) is 11.3 Å². The first-order valence-electron chi connectivity index (χ1n) is 4.94. The minimum atomic E-state index is -0.341. The molecule has 0 amide bonds. The SMILES string of the molecule is OC[C@]12C=CC(O)C1C1C=CC2C1. The van der Waals surface area contributed by atoms with Crippen LogP contribution in [0.2, 0.25) is 0 Å². The predicted octanol–water partition coefficient (Wildman–Crippen LogP) is 0.718. The summed E-state index contributed by atoms with van der Waals surface area (Å²) >= 11 is 0. The van der Waals surface area contributed by atoms with Crippen molar-refractivity contribution in [3.05, 3.63) is 24.3 Å². The summed E-state index contributed by atoms with van der Waals surface area (Å²) in [5.41, 5.74) is -0.126. The fourth-order valence-corrected chi connectivity index (χ4v) is 3.52. The Bertz CT molecular complexity index is 294. The lowest BCUT2D eigenvalue weighted by atomic mass is 9.71. The van der Waals surface area contributed by atoms with Crippen LogP contribution in [0.3, 0.4) is 0 Å². The van der Waals surface area contributed by atoms with Crippen LogP contribution in [0.4, 0.5) is 0 Å². The molecule has 0 aromatic carbocycles. The summed E-state index contributed by atoms with van der Waals surface area (Å²) < 4.78 is 0. The van der Waals surface area contributed by atoms with Crippen LogP contribution >= 0.6 is 0 Å². The third-order valence-corrected chi connectivity index (χ3v) is 4.13. The van der Waals surface area contributed by atoms with Crippen molar-refractivity contribution >= 4 is 0 Å². The Morgan fingerprint density at radius 2 is 2.15 bits per heavy atom. The molecule has 1 saturated carbocycles. The first-order chi connectivity index (χ1) is 6.28. The molecule has 0 aromatic heterocycles. The maximum Gasteiger partial charge on any atom is 0.0764 e. The number of hydrogen-bond donors (Lipinski definition) is 2. The summed E-state index contributed by atoms with van der Waals surface area (Å²) in [6.45, 7) is 0.177. The highest BCUT2D eigenvalue weighted by Gasteiger charge is 2.58. The van der Waals surface area contributed by atoms with E-state index in [1.54, 1.807) is 0 Å². The number of aliphatic hydroxyl groups is 2. The molecule has 3 aliphatic carbocycles. The van der Waals surface area contributed by atoms with E-state index in [2.05, 4.69) is 12.2 Å². The third kappa shape index (κ3) is 0.720. The molecule has 2 bridgehead atoms. The summed E-state index contributed by atoms with van der Waals surface area (Å²) in [7, 11) is 0. The van der Waals surface area contributed by atoms with Gasteiger partial charge in [-0.15, -0.1) is 0 Å². The normalized spacial score (nSPS) is 56.2. The van der Waals surface area contributed by atoms with Gasteiger partial charge in [0.05, 0.1) is 12.7 Å². The second-order valence-electron chi connectivity index (χ2n) is 4.54. The molecule has 0 spiro atoms. The lowest BCUT2D eigenvalue weighted by Gasteiger charge is -2.35. The van der Waals surface area contributed by atoms with Gasteiger partial charge in [0.15, 0.2) is 0 Å². The van der Waals surface area contributed by atoms with Gasteiger partial charge in [0.2, 0.25) is 0 Å². The summed E-state index contributed by atoms with van der Waals surface area (Å²) in [5.74, 6) is 1.19. The van der Waals surface area contributed by atoms with Gasteiger partial charge >= 0.3 is 0 Å². The predicted molar refractivity (Wildman–Crippen MR) is 48.9 cm³/mol. The molecule has 4 unspecified atom stereocenters. The van der Waals surface area contributed by atoms with E-state index in [1.165, 1.54) is 0 Å². The van der Waals surface area contributed by atoms with E-state index in [0.29, 0.717) is 11.8 Å². The van der Waals surface area contributed by atoms with Crippen LogP contribution in [0.25, 0.3) is 0 Å². The zero-order valence-electron chi connectivity index (χ0n) is 7.43. The van der Waals surface area contributed by atoms with Crippen LogP contribution < -0.4 is 0 Å². The fourth-order valence-electron chi connectivity index (χ4n) is 3.52. The topological polar surface area (TPSA) is 40.5 Å². The summed E-state index contributed by atoms with van der Waals surface area (Å²) in [4.78, 5) is 0. The van der Waals surface area contributed by atoms with Crippen molar-refractivity contribution in [1.29, 1.82) is 0 Å². The first kappa shape index (κ1) is 7.77. The second-order valence-corrected chi connectivity index (χ2v) is 4.54. The Morgan fingerprint density at radius 3 is 2.85 bits per heavy atom. The van der Waals surface area contributed by atoms with E-state index in [0.717, 1.165) is 6.42 Å². The van der Waals surface area contributed by atoms with E-state index in [-0.39, 0.29) is 24.0 Å². The molecule has 2 nitrogen and oxygen atoms in total. The average molecular weight is 178 g/mol. The Labute approximate surface area is 77.6 Å². The molecule has 1 fully saturated rings. The van der Waals surface area contributed by atoms with Crippen LogP contribution in [0, 0.1) is 23.2 Å². The van der Waals surface area contributed by atoms with Gasteiger partial charge in [-0.05, 0) is 18.3 Å². The van der Waals surface area contributed by atoms with Crippen LogP contribution in [-0.2, 0) is 0 Å². The molecule has 13 heavy (non-hydrogen) atoms. The number of allylic oxidation sites excluding steroid dienone is 2. The minimum Gasteiger partial charge on any atom is -0.395 e. The second kappa shape index (κ2) is 2.25. The summed E-state index contributed by atoms with van der Waals surface area (Å²) in [6.07, 6.45) is 9.09. The summed E-state index contributed by atoms with van der Waals surface area (Å²) in [5, 5.41) is 19.3. The van der Waals surface area contributed by atoms with Gasteiger partial charge in [0.25, 0.3) is 0 Å². The third-order valence-electron chi connectivity index (χ3n) is 4.13. The van der Waals surface area contributed by atoms with Crippen LogP contribution in [-0.4, -0.2) is 22.9 Å². The molecular formula is C11H14O2. The highest BCUT2D eigenvalue weighted by Crippen LogP contribution is 2.60. The monoisotopic (exact) mass is 178 g/mol. The molecule has 0 radical (unpaired) electrons. The first-order valence-corrected chi connectivity index (χ1v) is 4.94. The zero-order chi connectivity index (χ0) is 9.05. The van der Waals surface area contributed by atoms with Crippen LogP contribution in [0.5, 0.6) is 0 Å². The average Bonchev–Trinajstić information content (AvgIpc) is 2.77. The molecule has 3 aliphatic rings. The van der Waals surface area contributed by atoms with Crippen molar-refractivity contribution in [2.24, 2.45) is 23.2 Å². The maximum absolute atomic E-state index is 9.79. The lowest BCUT2D eigenvalue weighted by Crippen LogP contribution is -2.37. The van der Waals surface area contributed by atoms with Gasteiger partial charge in [-0.1, -0.05) is 24.3 Å². The van der Waals surface area contributed by atoms with Crippen molar-refractivity contribution in [2.45, 2.75) is 12.5 Å². The highest BCUT2D eigenvalue weighted by molar-refractivity contribution is 5.31. The number of fused-ring (bicyclic) bond motifs is 5. The maximum atomic E-state index is 9.79. The number of rotatable bonds is 1. The zero-order valence-corrected chi connectivity index (χ0v) is 7.43. The molecule has 0 aliphatic heterocycles. The molecule has 0 saturated heterocycles. The number of hydrogen-bond acceptors (Lipinski definition) is 2. The quantitative estimate of drug-likeness (QED) is 0.581. The molecule has 3 rings (SSSR count). The van der Waals surface area contributed by atoms with Crippen LogP contribution in [0.1, 0.15) is 6.42 Å². The molecule has 2 heteroatoms. The van der Waals surface area contributed by atoms with E-state index in [4.69, 9.17) is 0 Å². The van der Waals surface area contributed by atoms with E-state index < -0.39 is 0 Å². The number of aliphatic hydroxyl groups excluding tert-OH is 2. The molecule has 0 aromatic rings. The molecular weight excluding hydrogens is 164 g/mol. The fraction of sp³-hybridized carbons (Fsp3) is 0.636. The minimum absolute atomic E-state index is 0.126. The smallest absolute Gasteiger partial charge is 0.0764 e. The lowest BCUT2D eigenvalue weighted by molar-refractivity contribution is 0.0430. The van der Waals surface area contributed by atoms with Gasteiger partial charge in [-0.2, -0.15) is 0 Å². The van der Waals surface area contributed by atoms with Gasteiger partial charge in [-0.25, -0.2) is 0 Å². The molecule has 5 atom stereocenters. The van der Waals surface area contributed by atoms with E-state index in [1.807, 2.05) is 12.2 Å². The van der Waals surface area contributed by atoms with Crippen molar-refractivity contribution in [1.82, 2.24) is 0 Å². The van der Waals surface area contributed by atoms with Crippen molar-refractivity contribution < 1.29 is 10.2 Å². The van der Waals surface area contributed by atoms with Gasteiger partial charge in [-0.3, -0.25) is 0 Å². The Hall–Kier alpha value is -0.600. The van der Waals surface area contributed by atoms with Gasteiger partial charge < -0.3 is 10.2 Å².